The number of nitrogens with zero attached hydrogens (tertiary/aromatic N) is 1. The van der Waals surface area contributed by atoms with Crippen molar-refractivity contribution in [2.24, 2.45) is 0 Å². The predicted molar refractivity (Wildman–Crippen MR) is 85.9 cm³/mol. The first-order valence-electron chi connectivity index (χ1n) is 6.51. The van der Waals surface area contributed by atoms with Gasteiger partial charge in [-0.15, -0.1) is 0 Å². The summed E-state index contributed by atoms with van der Waals surface area (Å²) in [6.07, 6.45) is 3.06. The van der Waals surface area contributed by atoms with E-state index in [1.165, 1.54) is 16.7 Å². The minimum Gasteiger partial charge on any atom is -0.305 e. The third kappa shape index (κ3) is 3.44. The quantitative estimate of drug-likeness (QED) is 0.860. The van der Waals surface area contributed by atoms with Crippen molar-refractivity contribution >= 4 is 27.3 Å². The maximum atomic E-state index is 4.65. The Morgan fingerprint density at radius 3 is 2.74 bits per heavy atom. The van der Waals surface area contributed by atoms with Crippen LogP contribution < -0.4 is 5.32 Å². The third-order valence-electron chi connectivity index (χ3n) is 3.08. The molecule has 102 valence electrons. The summed E-state index contributed by atoms with van der Waals surface area (Å²) in [5.74, 6) is 0. The van der Waals surface area contributed by atoms with Gasteiger partial charge < -0.3 is 5.32 Å². The average Bonchev–Trinajstić information content (AvgIpc) is 2.78. The number of aryl methyl sites for hydroxylation is 2. The summed E-state index contributed by atoms with van der Waals surface area (Å²) in [5, 5.41) is 7.92. The molecule has 1 atom stereocenters. The van der Waals surface area contributed by atoms with E-state index >= 15 is 0 Å². The molecule has 2 aromatic rings. The number of hydrogen-bond donors (Lipinski definition) is 1. The molecule has 2 nitrogen and oxygen atoms in total. The van der Waals surface area contributed by atoms with Gasteiger partial charge in [-0.25, -0.2) is 0 Å². The van der Waals surface area contributed by atoms with Crippen LogP contribution in [0.3, 0.4) is 0 Å². The zero-order chi connectivity index (χ0) is 13.8. The Hall–Kier alpha value is -0.710. The highest BCUT2D eigenvalue weighted by atomic mass is 79.9. The molecule has 0 aliphatic heterocycles. The van der Waals surface area contributed by atoms with Crippen molar-refractivity contribution < 1.29 is 0 Å². The van der Waals surface area contributed by atoms with E-state index in [0.29, 0.717) is 0 Å². The Balaban J connectivity index is 2.40. The van der Waals surface area contributed by atoms with Crippen molar-refractivity contribution in [1.82, 2.24) is 10.3 Å². The average molecular weight is 339 g/mol. The maximum Gasteiger partial charge on any atom is 0.0773 e. The van der Waals surface area contributed by atoms with Crippen molar-refractivity contribution in [2.45, 2.75) is 33.2 Å². The highest BCUT2D eigenvalue weighted by Gasteiger charge is 2.20. The lowest BCUT2D eigenvalue weighted by atomic mass is 10.0. The summed E-state index contributed by atoms with van der Waals surface area (Å²) in [7, 11) is 0. The van der Waals surface area contributed by atoms with Gasteiger partial charge >= 0.3 is 0 Å². The van der Waals surface area contributed by atoms with Crippen molar-refractivity contribution in [3.8, 4) is 0 Å². The van der Waals surface area contributed by atoms with Crippen molar-refractivity contribution in [3.63, 3.8) is 0 Å². The zero-order valence-corrected chi connectivity index (χ0v) is 13.9. The summed E-state index contributed by atoms with van der Waals surface area (Å²) in [4.78, 5) is 4.65. The first-order chi connectivity index (χ1) is 9.13. The third-order valence-corrected chi connectivity index (χ3v) is 4.83. The van der Waals surface area contributed by atoms with Gasteiger partial charge in [-0.1, -0.05) is 13.0 Å². The van der Waals surface area contributed by atoms with E-state index in [0.717, 1.165) is 23.1 Å². The Labute approximate surface area is 127 Å². The van der Waals surface area contributed by atoms with E-state index in [1.807, 2.05) is 6.20 Å². The predicted octanol–water partition coefficient (Wildman–Crippen LogP) is 4.61. The summed E-state index contributed by atoms with van der Waals surface area (Å²) in [6, 6.07) is 2.37. The van der Waals surface area contributed by atoms with Gasteiger partial charge in [-0.2, -0.15) is 11.3 Å². The molecule has 0 amide bonds. The fourth-order valence-electron chi connectivity index (χ4n) is 2.17. The summed E-state index contributed by atoms with van der Waals surface area (Å²) >= 11 is 5.35. The second-order valence-electron chi connectivity index (χ2n) is 4.78. The molecule has 0 aromatic carbocycles. The van der Waals surface area contributed by atoms with Gasteiger partial charge in [-0.3, -0.25) is 4.98 Å². The molecule has 19 heavy (non-hydrogen) atoms. The lowest BCUT2D eigenvalue weighted by Gasteiger charge is -2.20. The summed E-state index contributed by atoms with van der Waals surface area (Å²) in [5.41, 5.74) is 4.85. The summed E-state index contributed by atoms with van der Waals surface area (Å²) in [6.45, 7) is 7.39. The molecule has 0 saturated heterocycles. The van der Waals surface area contributed by atoms with Crippen LogP contribution in [0, 0.1) is 13.8 Å². The summed E-state index contributed by atoms with van der Waals surface area (Å²) < 4.78 is 1.16. The molecule has 4 heteroatoms. The first-order valence-corrected chi connectivity index (χ1v) is 8.25. The van der Waals surface area contributed by atoms with E-state index in [1.54, 1.807) is 11.3 Å². The molecule has 2 aromatic heterocycles. The highest BCUT2D eigenvalue weighted by Crippen LogP contribution is 2.32. The smallest absolute Gasteiger partial charge is 0.0773 e. The molecule has 0 aliphatic rings. The molecular weight excluding hydrogens is 320 g/mol. The second-order valence-corrected chi connectivity index (χ2v) is 6.37. The van der Waals surface area contributed by atoms with Gasteiger partial charge in [0, 0.05) is 21.6 Å². The van der Waals surface area contributed by atoms with Crippen LogP contribution in [-0.4, -0.2) is 11.5 Å². The van der Waals surface area contributed by atoms with Crippen LogP contribution >= 0.6 is 27.3 Å². The van der Waals surface area contributed by atoms with Gasteiger partial charge in [-0.05, 0) is 59.2 Å². The van der Waals surface area contributed by atoms with E-state index in [9.17, 15) is 0 Å². The molecule has 2 rings (SSSR count). The molecule has 0 spiro atoms. The Morgan fingerprint density at radius 2 is 2.16 bits per heavy atom. The molecule has 1 N–H and O–H groups in total. The first kappa shape index (κ1) is 14.7. The van der Waals surface area contributed by atoms with Crippen LogP contribution in [0.2, 0.25) is 0 Å². The van der Waals surface area contributed by atoms with Crippen LogP contribution in [0.4, 0.5) is 0 Å². The number of thiophene rings is 1. The van der Waals surface area contributed by atoms with Gasteiger partial charge in [0.15, 0.2) is 0 Å². The van der Waals surface area contributed by atoms with Crippen LogP contribution in [0.1, 0.15) is 41.8 Å². The maximum absolute atomic E-state index is 4.65. The zero-order valence-electron chi connectivity index (χ0n) is 11.5. The molecule has 0 bridgehead atoms. The van der Waals surface area contributed by atoms with Gasteiger partial charge in [0.2, 0.25) is 0 Å². The topological polar surface area (TPSA) is 24.9 Å². The van der Waals surface area contributed by atoms with E-state index in [2.05, 4.69) is 63.8 Å². The Kier molecular flexibility index (Phi) is 5.13. The molecule has 0 aliphatic carbocycles. The SMILES string of the molecule is CCCNC(c1cscc1Br)c1ncc(C)cc1C. The fourth-order valence-corrected chi connectivity index (χ4v) is 3.72. The van der Waals surface area contributed by atoms with Gasteiger partial charge in [0.1, 0.15) is 0 Å². The standard InChI is InChI=1S/C15H19BrN2S/c1-4-5-17-15(12-8-19-9-13(12)16)14-11(3)6-10(2)7-18-14/h6-9,15,17H,4-5H2,1-3H3. The number of hydrogen-bond acceptors (Lipinski definition) is 3. The largest absolute Gasteiger partial charge is 0.305 e. The number of rotatable bonds is 5. The normalized spacial score (nSPS) is 12.6. The van der Waals surface area contributed by atoms with Gasteiger partial charge in [0.25, 0.3) is 0 Å². The fraction of sp³-hybridized carbons (Fsp3) is 0.400. The lowest BCUT2D eigenvalue weighted by molar-refractivity contribution is 0.583. The van der Waals surface area contributed by atoms with E-state index < -0.39 is 0 Å². The minimum atomic E-state index is 0.168. The molecule has 1 unspecified atom stereocenters. The van der Waals surface area contributed by atoms with Gasteiger partial charge in [0.05, 0.1) is 11.7 Å². The van der Waals surface area contributed by atoms with Crippen LogP contribution in [0.25, 0.3) is 0 Å². The van der Waals surface area contributed by atoms with Crippen molar-refractivity contribution in [3.05, 3.63) is 49.9 Å². The lowest BCUT2D eigenvalue weighted by Crippen LogP contribution is -2.24. The molecule has 2 heterocycles. The van der Waals surface area contributed by atoms with Crippen molar-refractivity contribution in [2.75, 3.05) is 6.54 Å². The van der Waals surface area contributed by atoms with Crippen LogP contribution in [0.15, 0.2) is 27.5 Å². The van der Waals surface area contributed by atoms with Crippen LogP contribution in [0.5, 0.6) is 0 Å². The monoisotopic (exact) mass is 338 g/mol. The number of halogens is 1. The molecule has 0 saturated carbocycles. The molecule has 0 fully saturated rings. The Bertz CT molecular complexity index is 551. The van der Waals surface area contributed by atoms with E-state index in [4.69, 9.17) is 0 Å². The second kappa shape index (κ2) is 6.64. The minimum absolute atomic E-state index is 0.168. The van der Waals surface area contributed by atoms with E-state index in [-0.39, 0.29) is 6.04 Å². The van der Waals surface area contributed by atoms with Crippen molar-refractivity contribution in [1.29, 1.82) is 0 Å². The molecular formula is C15H19BrN2S. The number of aromatic nitrogens is 1. The number of pyridine rings is 1. The Morgan fingerprint density at radius 1 is 1.37 bits per heavy atom. The highest BCUT2D eigenvalue weighted by molar-refractivity contribution is 9.10. The molecule has 0 radical (unpaired) electrons. The van der Waals surface area contributed by atoms with Crippen LogP contribution in [-0.2, 0) is 0 Å². The number of nitrogens with one attached hydrogen (secondary N) is 1.